The van der Waals surface area contributed by atoms with E-state index in [-0.39, 0.29) is 6.61 Å². The van der Waals surface area contributed by atoms with Gasteiger partial charge in [-0.3, -0.25) is 0 Å². The molecule has 0 radical (unpaired) electrons. The summed E-state index contributed by atoms with van der Waals surface area (Å²) >= 11 is 1.42. The van der Waals surface area contributed by atoms with Gasteiger partial charge in [-0.2, -0.15) is 5.10 Å². The van der Waals surface area contributed by atoms with Gasteiger partial charge in [-0.1, -0.05) is 48.0 Å². The van der Waals surface area contributed by atoms with E-state index >= 15 is 0 Å². The Morgan fingerprint density at radius 1 is 1.28 bits per heavy atom. The normalized spacial score (nSPS) is 11.3. The van der Waals surface area contributed by atoms with Crippen molar-refractivity contribution in [3.05, 3.63) is 59.7 Å². The van der Waals surface area contributed by atoms with Gasteiger partial charge in [0, 0.05) is 11.3 Å². The number of nitrogens with two attached hydrogens (primary N) is 1. The zero-order valence-electron chi connectivity index (χ0n) is 13.9. The molecule has 0 aliphatic carbocycles. The van der Waals surface area contributed by atoms with Gasteiger partial charge in [-0.25, -0.2) is 0 Å². The molecular weight excluding hydrogens is 334 g/mol. The lowest BCUT2D eigenvalue weighted by molar-refractivity contribution is 0.367. The maximum Gasteiger partial charge on any atom is 0.180 e. The first-order chi connectivity index (χ1) is 12.2. The molecule has 128 valence electrons. The molecule has 2 rings (SSSR count). The number of hydrogen-bond donors (Lipinski definition) is 1. The molecule has 0 atom stereocenters. The Morgan fingerprint density at radius 3 is 2.80 bits per heavy atom. The Labute approximate surface area is 151 Å². The second-order valence-corrected chi connectivity index (χ2v) is 5.85. The highest BCUT2D eigenvalue weighted by Gasteiger charge is 2.04. The summed E-state index contributed by atoms with van der Waals surface area (Å²) in [5.41, 5.74) is 7.76. The molecular formula is C19H19N3O2S. The van der Waals surface area contributed by atoms with E-state index in [1.807, 2.05) is 30.3 Å². The van der Waals surface area contributed by atoms with Crippen molar-refractivity contribution in [1.29, 1.82) is 0 Å². The van der Waals surface area contributed by atoms with Crippen molar-refractivity contribution in [3.8, 4) is 23.8 Å². The molecule has 0 aliphatic heterocycles. The van der Waals surface area contributed by atoms with Crippen LogP contribution in [0, 0.1) is 12.3 Å². The fourth-order valence-electron chi connectivity index (χ4n) is 1.91. The van der Waals surface area contributed by atoms with Crippen LogP contribution in [0.4, 0.5) is 0 Å². The fourth-order valence-corrected chi connectivity index (χ4v) is 2.53. The van der Waals surface area contributed by atoms with Crippen LogP contribution in [-0.2, 0) is 5.75 Å². The minimum absolute atomic E-state index is 0.172. The van der Waals surface area contributed by atoms with E-state index < -0.39 is 0 Å². The smallest absolute Gasteiger partial charge is 0.180 e. The molecule has 2 aromatic rings. The van der Waals surface area contributed by atoms with E-state index in [9.17, 15) is 0 Å². The van der Waals surface area contributed by atoms with Crippen molar-refractivity contribution in [2.24, 2.45) is 15.9 Å². The zero-order valence-corrected chi connectivity index (χ0v) is 14.7. The van der Waals surface area contributed by atoms with Gasteiger partial charge in [-0.05, 0) is 23.8 Å². The summed E-state index contributed by atoms with van der Waals surface area (Å²) in [4.78, 5) is 0. The first kappa shape index (κ1) is 18.4. The van der Waals surface area contributed by atoms with Gasteiger partial charge in [0.25, 0.3) is 0 Å². The summed E-state index contributed by atoms with van der Waals surface area (Å²) in [6.07, 6.45) is 6.79. The quantitative estimate of drug-likeness (QED) is 0.359. The molecule has 0 amide bonds. The van der Waals surface area contributed by atoms with Crippen molar-refractivity contribution < 1.29 is 9.47 Å². The van der Waals surface area contributed by atoms with Gasteiger partial charge in [0.2, 0.25) is 0 Å². The topological polar surface area (TPSA) is 69.2 Å². The van der Waals surface area contributed by atoms with Crippen LogP contribution in [0.15, 0.2) is 58.7 Å². The minimum atomic E-state index is 0.172. The molecule has 0 saturated heterocycles. The second-order valence-electron chi connectivity index (χ2n) is 4.85. The molecule has 5 nitrogen and oxygen atoms in total. The predicted molar refractivity (Wildman–Crippen MR) is 104 cm³/mol. The zero-order chi connectivity index (χ0) is 17.9. The minimum Gasteiger partial charge on any atom is -0.497 e. The number of nitrogens with zero attached hydrogens (tertiary/aromatic N) is 2. The van der Waals surface area contributed by atoms with Crippen LogP contribution in [-0.4, -0.2) is 25.1 Å². The molecule has 2 aromatic carbocycles. The first-order valence-corrected chi connectivity index (χ1v) is 8.49. The molecule has 0 saturated carbocycles. The average molecular weight is 353 g/mol. The molecule has 0 fully saturated rings. The lowest BCUT2D eigenvalue weighted by Crippen LogP contribution is -2.06. The number of thioether (sulfide) groups is 1. The lowest BCUT2D eigenvalue weighted by Gasteiger charge is -2.07. The third-order valence-corrected chi connectivity index (χ3v) is 3.97. The molecule has 6 heteroatoms. The summed E-state index contributed by atoms with van der Waals surface area (Å²) in [6.45, 7) is 0.172. The summed E-state index contributed by atoms with van der Waals surface area (Å²) < 4.78 is 10.7. The molecule has 0 bridgehead atoms. The predicted octanol–water partition coefficient (Wildman–Crippen LogP) is 3.29. The maximum atomic E-state index is 5.88. The maximum absolute atomic E-state index is 5.88. The second kappa shape index (κ2) is 10.1. The van der Waals surface area contributed by atoms with E-state index in [2.05, 4.69) is 16.1 Å². The van der Waals surface area contributed by atoms with Crippen LogP contribution in [0.25, 0.3) is 0 Å². The SMILES string of the molecule is C#CCOc1ccc(OC)cc1C=NN=C(N)SCc1ccccc1. The standard InChI is InChI=1S/C19H19N3O2S/c1-3-11-24-18-10-9-17(23-2)12-16(18)13-21-22-19(20)25-14-15-7-5-4-6-8-15/h1,4-10,12-13H,11,14H2,2H3,(H2,20,22). The first-order valence-electron chi connectivity index (χ1n) is 7.50. The van der Waals surface area contributed by atoms with E-state index in [0.717, 1.165) is 5.75 Å². The number of rotatable bonds is 7. The number of hydrogen-bond acceptors (Lipinski definition) is 5. The Bertz CT molecular complexity index is 783. The van der Waals surface area contributed by atoms with Gasteiger partial charge in [0.1, 0.15) is 18.1 Å². The van der Waals surface area contributed by atoms with Gasteiger partial charge in [0.05, 0.1) is 13.3 Å². The van der Waals surface area contributed by atoms with Crippen molar-refractivity contribution >= 4 is 23.1 Å². The summed E-state index contributed by atoms with van der Waals surface area (Å²) in [5, 5.41) is 8.41. The highest BCUT2D eigenvalue weighted by atomic mass is 32.2. The number of benzene rings is 2. The Balaban J connectivity index is 2.02. The van der Waals surface area contributed by atoms with Crippen LogP contribution < -0.4 is 15.2 Å². The molecule has 0 aromatic heterocycles. The van der Waals surface area contributed by atoms with E-state index in [1.165, 1.54) is 17.3 Å². The number of terminal acetylenes is 1. The number of amidine groups is 1. The van der Waals surface area contributed by atoms with Crippen LogP contribution >= 0.6 is 11.8 Å². The largest absolute Gasteiger partial charge is 0.497 e. The van der Waals surface area contributed by atoms with Gasteiger partial charge in [-0.15, -0.1) is 11.5 Å². The number of methoxy groups -OCH3 is 1. The van der Waals surface area contributed by atoms with Gasteiger partial charge < -0.3 is 15.2 Å². The summed E-state index contributed by atoms with van der Waals surface area (Å²) in [6, 6.07) is 15.4. The van der Waals surface area contributed by atoms with Gasteiger partial charge in [0.15, 0.2) is 5.17 Å². The monoisotopic (exact) mass is 353 g/mol. The molecule has 0 unspecified atom stereocenters. The van der Waals surface area contributed by atoms with E-state index in [0.29, 0.717) is 22.2 Å². The van der Waals surface area contributed by atoms with Crippen LogP contribution in [0.5, 0.6) is 11.5 Å². The average Bonchev–Trinajstić information content (AvgIpc) is 2.66. The Kier molecular flexibility index (Phi) is 7.41. The molecule has 0 aliphatic rings. The molecule has 0 heterocycles. The lowest BCUT2D eigenvalue weighted by atomic mass is 10.2. The fraction of sp³-hybridized carbons (Fsp3) is 0.158. The van der Waals surface area contributed by atoms with Crippen molar-refractivity contribution in [3.63, 3.8) is 0 Å². The Morgan fingerprint density at radius 2 is 2.08 bits per heavy atom. The van der Waals surface area contributed by atoms with Crippen LogP contribution in [0.2, 0.25) is 0 Å². The van der Waals surface area contributed by atoms with Gasteiger partial charge >= 0.3 is 0 Å². The highest BCUT2D eigenvalue weighted by Crippen LogP contribution is 2.22. The van der Waals surface area contributed by atoms with E-state index in [4.69, 9.17) is 21.6 Å². The van der Waals surface area contributed by atoms with Crippen molar-refractivity contribution in [1.82, 2.24) is 0 Å². The number of ether oxygens (including phenoxy) is 2. The van der Waals surface area contributed by atoms with E-state index in [1.54, 1.807) is 31.5 Å². The summed E-state index contributed by atoms with van der Waals surface area (Å²) in [7, 11) is 1.59. The molecule has 0 spiro atoms. The van der Waals surface area contributed by atoms with Crippen LogP contribution in [0.3, 0.4) is 0 Å². The highest BCUT2D eigenvalue weighted by molar-refractivity contribution is 8.13. The van der Waals surface area contributed by atoms with Crippen LogP contribution in [0.1, 0.15) is 11.1 Å². The summed E-state index contributed by atoms with van der Waals surface area (Å²) in [5.74, 6) is 4.46. The van der Waals surface area contributed by atoms with Crippen molar-refractivity contribution in [2.45, 2.75) is 5.75 Å². The molecule has 25 heavy (non-hydrogen) atoms. The third kappa shape index (κ3) is 6.24. The third-order valence-electron chi connectivity index (χ3n) is 3.11. The Hall–Kier alpha value is -2.91. The van der Waals surface area contributed by atoms with Crippen molar-refractivity contribution in [2.75, 3.05) is 13.7 Å². The molecule has 2 N–H and O–H groups in total.